The first-order valence-electron chi connectivity index (χ1n) is 10.7. The number of halogens is 6. The van der Waals surface area contributed by atoms with Gasteiger partial charge in [-0.15, -0.1) is 0 Å². The van der Waals surface area contributed by atoms with Gasteiger partial charge in [0, 0.05) is 22.2 Å². The molecule has 3 N–H and O–H groups in total. The molecule has 0 aliphatic rings. The van der Waals surface area contributed by atoms with Crippen molar-refractivity contribution in [2.75, 3.05) is 18.5 Å². The summed E-state index contributed by atoms with van der Waals surface area (Å²) in [6.45, 7) is -0.354. The number of carbonyl (C=O) groups is 2. The van der Waals surface area contributed by atoms with E-state index >= 15 is 0 Å². The SMILES string of the molecule is C[C@H](CO)NC(=O)c1ccc(Cl)c(-c2ccc(NC(=O)c3c(F)cccc3Cl)c(OCC(F)(F)F)c2)c1. The molecule has 0 saturated carbocycles. The van der Waals surface area contributed by atoms with Crippen LogP contribution in [0.3, 0.4) is 0 Å². The van der Waals surface area contributed by atoms with Crippen molar-refractivity contribution in [3.63, 3.8) is 0 Å². The number of carbonyl (C=O) groups excluding carboxylic acids is 2. The monoisotopic (exact) mass is 558 g/mol. The highest BCUT2D eigenvalue weighted by molar-refractivity contribution is 6.34. The van der Waals surface area contributed by atoms with Crippen LogP contribution in [0.1, 0.15) is 27.6 Å². The van der Waals surface area contributed by atoms with Crippen LogP contribution >= 0.6 is 23.2 Å². The van der Waals surface area contributed by atoms with Gasteiger partial charge in [-0.25, -0.2) is 4.39 Å². The predicted molar refractivity (Wildman–Crippen MR) is 132 cm³/mol. The summed E-state index contributed by atoms with van der Waals surface area (Å²) in [7, 11) is 0. The van der Waals surface area contributed by atoms with Crippen LogP contribution in [0.2, 0.25) is 10.0 Å². The molecule has 196 valence electrons. The van der Waals surface area contributed by atoms with Gasteiger partial charge < -0.3 is 20.5 Å². The van der Waals surface area contributed by atoms with Crippen molar-refractivity contribution in [3.05, 3.63) is 81.6 Å². The zero-order valence-corrected chi connectivity index (χ0v) is 20.6. The molecule has 0 radical (unpaired) electrons. The van der Waals surface area contributed by atoms with Gasteiger partial charge in [0.05, 0.1) is 22.9 Å². The lowest BCUT2D eigenvalue weighted by atomic mass is 10.0. The molecule has 3 rings (SSSR count). The number of alkyl halides is 3. The molecule has 6 nitrogen and oxygen atoms in total. The first-order chi connectivity index (χ1) is 17.4. The second-order valence-corrected chi connectivity index (χ2v) is 8.73. The summed E-state index contributed by atoms with van der Waals surface area (Å²) < 4.78 is 57.8. The normalized spacial score (nSPS) is 12.1. The van der Waals surface area contributed by atoms with Gasteiger partial charge in [-0.05, 0) is 55.0 Å². The molecule has 3 aromatic rings. The summed E-state index contributed by atoms with van der Waals surface area (Å²) in [4.78, 5) is 25.1. The zero-order valence-electron chi connectivity index (χ0n) is 19.1. The molecular formula is C25H20Cl2F4N2O4. The molecule has 0 spiro atoms. The van der Waals surface area contributed by atoms with Crippen LogP contribution < -0.4 is 15.4 Å². The van der Waals surface area contributed by atoms with Crippen molar-refractivity contribution < 1.29 is 37.0 Å². The molecule has 1 atom stereocenters. The molecule has 12 heteroatoms. The molecule has 0 aromatic heterocycles. The van der Waals surface area contributed by atoms with Crippen LogP contribution in [0.5, 0.6) is 5.75 Å². The van der Waals surface area contributed by atoms with E-state index in [0.717, 1.165) is 6.07 Å². The summed E-state index contributed by atoms with van der Waals surface area (Å²) in [6.07, 6.45) is -4.69. The van der Waals surface area contributed by atoms with Crippen LogP contribution in [0.4, 0.5) is 23.2 Å². The Labute approximate surface area is 219 Å². The third kappa shape index (κ3) is 7.34. The van der Waals surface area contributed by atoms with Crippen LogP contribution in [-0.4, -0.2) is 42.4 Å². The van der Waals surface area contributed by atoms with Crippen molar-refractivity contribution in [1.82, 2.24) is 5.32 Å². The minimum Gasteiger partial charge on any atom is -0.482 e. The fourth-order valence-corrected chi connectivity index (χ4v) is 3.69. The van der Waals surface area contributed by atoms with Crippen LogP contribution in [0, 0.1) is 5.82 Å². The summed E-state index contributed by atoms with van der Waals surface area (Å²) >= 11 is 12.2. The number of aliphatic hydroxyl groups is 1. The minimum atomic E-state index is -4.69. The largest absolute Gasteiger partial charge is 0.482 e. The van der Waals surface area contributed by atoms with Gasteiger partial charge in [-0.3, -0.25) is 9.59 Å². The molecule has 0 heterocycles. The third-order valence-electron chi connectivity index (χ3n) is 5.00. The van der Waals surface area contributed by atoms with E-state index < -0.39 is 42.0 Å². The Bertz CT molecular complexity index is 1300. The van der Waals surface area contributed by atoms with Gasteiger partial charge in [0.15, 0.2) is 6.61 Å². The Balaban J connectivity index is 2.00. The molecular weight excluding hydrogens is 539 g/mol. The van der Waals surface area contributed by atoms with E-state index in [1.807, 2.05) is 0 Å². The number of amides is 2. The zero-order chi connectivity index (χ0) is 27.3. The number of hydrogen-bond acceptors (Lipinski definition) is 4. The molecule has 37 heavy (non-hydrogen) atoms. The number of ether oxygens (including phenoxy) is 1. The summed E-state index contributed by atoms with van der Waals surface area (Å²) in [6, 6.07) is 11.3. The van der Waals surface area contributed by atoms with Crippen molar-refractivity contribution in [2.24, 2.45) is 0 Å². The molecule has 3 aromatic carbocycles. The lowest BCUT2D eigenvalue weighted by Gasteiger charge is -2.17. The summed E-state index contributed by atoms with van der Waals surface area (Å²) in [5.41, 5.74) is 0.0730. The Morgan fingerprint density at radius 1 is 1.03 bits per heavy atom. The van der Waals surface area contributed by atoms with E-state index in [1.54, 1.807) is 6.92 Å². The van der Waals surface area contributed by atoms with Crippen LogP contribution in [-0.2, 0) is 0 Å². The van der Waals surface area contributed by atoms with Gasteiger partial charge in [-0.1, -0.05) is 35.3 Å². The first kappa shape index (κ1) is 28.2. The minimum absolute atomic E-state index is 0.181. The average molecular weight is 559 g/mol. The van der Waals surface area contributed by atoms with E-state index in [1.165, 1.54) is 48.5 Å². The van der Waals surface area contributed by atoms with Crippen molar-refractivity contribution >= 4 is 40.7 Å². The summed E-state index contributed by atoms with van der Waals surface area (Å²) in [5.74, 6) is -2.80. The van der Waals surface area contributed by atoms with Crippen molar-refractivity contribution in [2.45, 2.75) is 19.1 Å². The van der Waals surface area contributed by atoms with Gasteiger partial charge in [0.2, 0.25) is 0 Å². The molecule has 0 aliphatic heterocycles. The van der Waals surface area contributed by atoms with Gasteiger partial charge >= 0.3 is 6.18 Å². The van der Waals surface area contributed by atoms with Gasteiger partial charge in [-0.2, -0.15) is 13.2 Å². The van der Waals surface area contributed by atoms with Gasteiger partial charge in [0.25, 0.3) is 11.8 Å². The number of hydrogen-bond donors (Lipinski definition) is 3. The standard InChI is InChI=1S/C25H20Cl2F4N2O4/c1-13(11-34)32-23(35)15-5-7-17(26)16(9-15)14-6-8-20(21(10-14)37-12-25(29,30)31)33-24(36)22-18(27)3-2-4-19(22)28/h2-10,13,34H,11-12H2,1H3,(H,32,35)(H,33,36)/t13-/m1/s1. The Morgan fingerprint density at radius 3 is 2.41 bits per heavy atom. The van der Waals surface area contributed by atoms with E-state index in [9.17, 15) is 27.2 Å². The van der Waals surface area contributed by atoms with Gasteiger partial charge in [0.1, 0.15) is 11.6 Å². The Kier molecular flexibility index (Phi) is 9.01. The maximum absolute atomic E-state index is 14.2. The fourth-order valence-electron chi connectivity index (χ4n) is 3.21. The van der Waals surface area contributed by atoms with Crippen molar-refractivity contribution in [3.8, 4) is 16.9 Å². The lowest BCUT2D eigenvalue weighted by molar-refractivity contribution is -0.153. The quantitative estimate of drug-likeness (QED) is 0.291. The molecule has 0 aliphatic carbocycles. The van der Waals surface area contributed by atoms with Crippen molar-refractivity contribution in [1.29, 1.82) is 0 Å². The van der Waals surface area contributed by atoms with E-state index in [-0.39, 0.29) is 44.8 Å². The van der Waals surface area contributed by atoms with Crippen LogP contribution in [0.25, 0.3) is 11.1 Å². The molecule has 2 amide bonds. The summed E-state index contributed by atoms with van der Waals surface area (Å²) in [5, 5.41) is 14.0. The highest BCUT2D eigenvalue weighted by atomic mass is 35.5. The fraction of sp³-hybridized carbons (Fsp3) is 0.200. The molecule has 0 bridgehead atoms. The number of benzene rings is 3. The number of anilines is 1. The topological polar surface area (TPSA) is 87.7 Å². The number of rotatable bonds is 8. The molecule has 0 fully saturated rings. The Morgan fingerprint density at radius 2 is 1.76 bits per heavy atom. The number of aliphatic hydroxyl groups excluding tert-OH is 1. The highest BCUT2D eigenvalue weighted by Gasteiger charge is 2.29. The predicted octanol–water partition coefficient (Wildman–Crippen LogP) is 6.10. The smallest absolute Gasteiger partial charge is 0.422 e. The Hall–Kier alpha value is -3.34. The van der Waals surface area contributed by atoms with E-state index in [4.69, 9.17) is 33.0 Å². The van der Waals surface area contributed by atoms with E-state index in [2.05, 4.69) is 10.6 Å². The molecule has 0 unspecified atom stereocenters. The van der Waals surface area contributed by atoms with E-state index in [0.29, 0.717) is 0 Å². The lowest BCUT2D eigenvalue weighted by Crippen LogP contribution is -2.34. The maximum atomic E-state index is 14.2. The number of nitrogens with one attached hydrogen (secondary N) is 2. The second-order valence-electron chi connectivity index (χ2n) is 7.92. The third-order valence-corrected chi connectivity index (χ3v) is 5.65. The molecule has 0 saturated heterocycles. The first-order valence-corrected chi connectivity index (χ1v) is 11.5. The second kappa shape index (κ2) is 11.8. The maximum Gasteiger partial charge on any atom is 0.422 e. The highest BCUT2D eigenvalue weighted by Crippen LogP contribution is 2.36. The van der Waals surface area contributed by atoms with Crippen LogP contribution in [0.15, 0.2) is 54.6 Å². The average Bonchev–Trinajstić information content (AvgIpc) is 2.83.